The van der Waals surface area contributed by atoms with Gasteiger partial charge in [0.15, 0.2) is 0 Å². The molecule has 2 aromatic carbocycles. The third-order valence-electron chi connectivity index (χ3n) is 6.54. The van der Waals surface area contributed by atoms with Crippen LogP contribution in [-0.4, -0.2) is 47.0 Å². The molecule has 1 heterocycles. The van der Waals surface area contributed by atoms with Crippen LogP contribution in [0.3, 0.4) is 0 Å². The normalized spacial score (nSPS) is 14.6. The molecule has 1 aromatic heterocycles. The quantitative estimate of drug-likeness (QED) is 0.372. The number of carbonyl (C=O) groups excluding carboxylic acids is 2. The van der Waals surface area contributed by atoms with Crippen molar-refractivity contribution in [2.24, 2.45) is 5.92 Å². The molecule has 4 rings (SSSR count). The Bertz CT molecular complexity index is 1440. The van der Waals surface area contributed by atoms with Crippen LogP contribution in [0.25, 0.3) is 0 Å². The number of alkyl halides is 3. The molecule has 1 atom stereocenters. The number of halogens is 3. The van der Waals surface area contributed by atoms with Crippen LogP contribution in [-0.2, 0) is 30.4 Å². The molecular formula is C28H27F3N4O5. The minimum Gasteiger partial charge on any atom is -0.465 e. The van der Waals surface area contributed by atoms with Gasteiger partial charge in [0.2, 0.25) is 5.91 Å². The highest BCUT2D eigenvalue weighted by Gasteiger charge is 2.32. The Hall–Kier alpha value is -4.61. The predicted octanol–water partition coefficient (Wildman–Crippen LogP) is 5.11. The van der Waals surface area contributed by atoms with Gasteiger partial charge in [0, 0.05) is 44.5 Å². The Morgan fingerprint density at radius 2 is 1.82 bits per heavy atom. The zero-order valence-electron chi connectivity index (χ0n) is 21.7. The number of ether oxygens (including phenoxy) is 1. The van der Waals surface area contributed by atoms with E-state index in [0.29, 0.717) is 30.8 Å². The first-order valence-electron chi connectivity index (χ1n) is 12.4. The van der Waals surface area contributed by atoms with Crippen LogP contribution < -0.4 is 15.4 Å². The number of carbonyl (C=O) groups is 3. The summed E-state index contributed by atoms with van der Waals surface area (Å²) in [7, 11) is 2.74. The summed E-state index contributed by atoms with van der Waals surface area (Å²) in [4.78, 5) is 41.0. The van der Waals surface area contributed by atoms with Gasteiger partial charge in [-0.15, -0.1) is 0 Å². The van der Waals surface area contributed by atoms with Gasteiger partial charge in [-0.3, -0.25) is 14.6 Å². The van der Waals surface area contributed by atoms with Gasteiger partial charge in [0.1, 0.15) is 17.2 Å². The molecule has 12 heteroatoms. The van der Waals surface area contributed by atoms with Crippen LogP contribution >= 0.6 is 0 Å². The van der Waals surface area contributed by atoms with Gasteiger partial charge in [-0.1, -0.05) is 6.07 Å². The maximum atomic E-state index is 13.5. The van der Waals surface area contributed by atoms with E-state index in [-0.39, 0.29) is 29.4 Å². The fourth-order valence-corrected chi connectivity index (χ4v) is 4.49. The zero-order valence-corrected chi connectivity index (χ0v) is 21.7. The number of hydrogen-bond acceptors (Lipinski definition) is 5. The van der Waals surface area contributed by atoms with Crippen molar-refractivity contribution in [2.45, 2.75) is 32.0 Å². The van der Waals surface area contributed by atoms with Crippen LogP contribution in [0.15, 0.2) is 54.7 Å². The van der Waals surface area contributed by atoms with E-state index in [9.17, 15) is 27.6 Å². The summed E-state index contributed by atoms with van der Waals surface area (Å²) in [5.74, 6) is -0.376. The first-order chi connectivity index (χ1) is 18.9. The summed E-state index contributed by atoms with van der Waals surface area (Å²) in [6, 6.07) is 11.7. The Balaban J connectivity index is 1.49. The Morgan fingerprint density at radius 3 is 2.52 bits per heavy atom. The summed E-state index contributed by atoms with van der Waals surface area (Å²) in [5, 5.41) is 14.2. The monoisotopic (exact) mass is 556 g/mol. The zero-order chi connectivity index (χ0) is 29.0. The fourth-order valence-electron chi connectivity index (χ4n) is 4.49. The molecule has 210 valence electrons. The van der Waals surface area contributed by atoms with Crippen molar-refractivity contribution in [1.29, 1.82) is 0 Å². The van der Waals surface area contributed by atoms with Gasteiger partial charge in [0.05, 0.1) is 5.56 Å². The molecule has 1 aliphatic carbocycles. The molecule has 1 aliphatic rings. The summed E-state index contributed by atoms with van der Waals surface area (Å²) in [6.07, 6.45) is -3.05. The van der Waals surface area contributed by atoms with Gasteiger partial charge in [-0.2, -0.15) is 13.2 Å². The molecule has 3 aromatic rings. The third-order valence-corrected chi connectivity index (χ3v) is 6.54. The number of carboxylic acid groups (broad SMARTS) is 1. The van der Waals surface area contributed by atoms with Crippen LogP contribution in [0.1, 0.15) is 39.2 Å². The van der Waals surface area contributed by atoms with Crippen molar-refractivity contribution in [3.63, 3.8) is 0 Å². The molecular weight excluding hydrogens is 529 g/mol. The SMILES string of the molecule is CNC(=O)c1cc(Oc2ccc3c(c2)CC(C(=O)Nc2cc(CN(C)C(=O)O)cc(C(F)(F)F)c2)CC3)ccn1. The Kier molecular flexibility index (Phi) is 8.26. The molecule has 9 nitrogen and oxygen atoms in total. The number of anilines is 1. The maximum Gasteiger partial charge on any atom is 0.416 e. The number of aromatic nitrogens is 1. The third kappa shape index (κ3) is 6.87. The molecule has 0 saturated carbocycles. The lowest BCUT2D eigenvalue weighted by Gasteiger charge is -2.25. The van der Waals surface area contributed by atoms with E-state index in [1.54, 1.807) is 18.2 Å². The summed E-state index contributed by atoms with van der Waals surface area (Å²) in [6.45, 7) is -0.274. The molecule has 40 heavy (non-hydrogen) atoms. The van der Waals surface area contributed by atoms with E-state index in [1.807, 2.05) is 6.07 Å². The highest BCUT2D eigenvalue weighted by atomic mass is 19.4. The van der Waals surface area contributed by atoms with Crippen molar-refractivity contribution < 1.29 is 37.4 Å². The standard InChI is InChI=1S/C28H27F3N4O5/c1-32-26(37)24-14-23(7-8-33-24)40-22-6-5-17-3-4-18(11-19(17)12-22)25(36)34-21-10-16(15-35(2)27(38)39)9-20(13-21)28(29,30)31/h5-10,12-14,18H,3-4,11,15H2,1-2H3,(H,32,37)(H,34,36)(H,38,39). The second-order valence-corrected chi connectivity index (χ2v) is 9.47. The number of amides is 3. The lowest BCUT2D eigenvalue weighted by atomic mass is 9.83. The Morgan fingerprint density at radius 1 is 1.07 bits per heavy atom. The van der Waals surface area contributed by atoms with Crippen LogP contribution in [0.5, 0.6) is 11.5 Å². The van der Waals surface area contributed by atoms with Gasteiger partial charge in [0.25, 0.3) is 5.91 Å². The van der Waals surface area contributed by atoms with E-state index in [0.717, 1.165) is 28.2 Å². The number of pyridine rings is 1. The average molecular weight is 557 g/mol. The summed E-state index contributed by atoms with van der Waals surface area (Å²) in [5.41, 5.74) is 1.17. The molecule has 3 N–H and O–H groups in total. The molecule has 0 spiro atoms. The molecule has 0 fully saturated rings. The number of nitrogens with one attached hydrogen (secondary N) is 2. The van der Waals surface area contributed by atoms with Gasteiger partial charge in [-0.05, 0) is 72.4 Å². The first kappa shape index (κ1) is 28.4. The minimum atomic E-state index is -4.67. The maximum absolute atomic E-state index is 13.5. The van der Waals surface area contributed by atoms with Crippen LogP contribution in [0, 0.1) is 5.92 Å². The Labute approximate surface area is 228 Å². The van der Waals surface area contributed by atoms with Crippen molar-refractivity contribution in [3.05, 3.63) is 82.7 Å². The molecule has 0 saturated heterocycles. The van der Waals surface area contributed by atoms with E-state index in [4.69, 9.17) is 9.84 Å². The molecule has 3 amide bonds. The fraction of sp³-hybridized carbons (Fsp3) is 0.286. The van der Waals surface area contributed by atoms with Crippen molar-refractivity contribution in [3.8, 4) is 11.5 Å². The molecule has 0 aliphatic heterocycles. The number of rotatable bonds is 7. The van der Waals surface area contributed by atoms with E-state index < -0.39 is 29.7 Å². The number of benzene rings is 2. The summed E-state index contributed by atoms with van der Waals surface area (Å²) >= 11 is 0. The van der Waals surface area contributed by atoms with Crippen molar-refractivity contribution in [1.82, 2.24) is 15.2 Å². The second kappa shape index (κ2) is 11.6. The molecule has 0 bridgehead atoms. The van der Waals surface area contributed by atoms with Crippen LogP contribution in [0.2, 0.25) is 0 Å². The average Bonchev–Trinajstić information content (AvgIpc) is 2.91. The predicted molar refractivity (Wildman–Crippen MR) is 139 cm³/mol. The second-order valence-electron chi connectivity index (χ2n) is 9.47. The smallest absolute Gasteiger partial charge is 0.416 e. The number of fused-ring (bicyclic) bond motifs is 1. The number of hydrogen-bond donors (Lipinski definition) is 3. The largest absolute Gasteiger partial charge is 0.465 e. The lowest BCUT2D eigenvalue weighted by molar-refractivity contribution is -0.137. The van der Waals surface area contributed by atoms with Crippen molar-refractivity contribution >= 4 is 23.6 Å². The van der Waals surface area contributed by atoms with E-state index in [1.165, 1.54) is 32.4 Å². The number of aryl methyl sites for hydroxylation is 1. The molecule has 0 radical (unpaired) electrons. The lowest BCUT2D eigenvalue weighted by Crippen LogP contribution is -2.28. The van der Waals surface area contributed by atoms with Crippen LogP contribution in [0.4, 0.5) is 23.7 Å². The topological polar surface area (TPSA) is 121 Å². The highest BCUT2D eigenvalue weighted by Crippen LogP contribution is 2.34. The van der Waals surface area contributed by atoms with E-state index in [2.05, 4.69) is 15.6 Å². The van der Waals surface area contributed by atoms with Gasteiger partial charge >= 0.3 is 12.3 Å². The highest BCUT2D eigenvalue weighted by molar-refractivity contribution is 5.93. The van der Waals surface area contributed by atoms with E-state index >= 15 is 0 Å². The number of nitrogens with zero attached hydrogens (tertiary/aromatic N) is 2. The minimum absolute atomic E-state index is 0.0545. The summed E-state index contributed by atoms with van der Waals surface area (Å²) < 4.78 is 46.4. The van der Waals surface area contributed by atoms with Crippen molar-refractivity contribution in [2.75, 3.05) is 19.4 Å². The first-order valence-corrected chi connectivity index (χ1v) is 12.4. The van der Waals surface area contributed by atoms with Gasteiger partial charge < -0.3 is 25.4 Å². The molecule has 1 unspecified atom stereocenters. The van der Waals surface area contributed by atoms with Gasteiger partial charge in [-0.25, -0.2) is 4.79 Å².